The maximum Gasteiger partial charge on any atom is 0.167 e. The van der Waals surface area contributed by atoms with Crippen molar-refractivity contribution in [3.8, 4) is 5.75 Å². The van der Waals surface area contributed by atoms with Crippen LogP contribution < -0.4 is 4.74 Å². The Hall–Kier alpha value is -1.35. The lowest BCUT2D eigenvalue weighted by molar-refractivity contribution is -0.108. The first kappa shape index (κ1) is 13.1. The fourth-order valence-electron chi connectivity index (χ4n) is 2.65. The maximum absolute atomic E-state index is 12.3. The van der Waals surface area contributed by atoms with Gasteiger partial charge in [-0.05, 0) is 17.7 Å². The molecule has 0 N–H and O–H groups in total. The van der Waals surface area contributed by atoms with Gasteiger partial charge in [-0.1, -0.05) is 25.4 Å². The average Bonchev–Trinajstić information content (AvgIpc) is 2.50. The molecule has 0 radical (unpaired) electrons. The molecule has 0 saturated heterocycles. The summed E-state index contributed by atoms with van der Waals surface area (Å²) >= 11 is 6.10. The number of fused-ring (bicyclic) bond motifs is 1. The van der Waals surface area contributed by atoms with Crippen LogP contribution in [0.4, 0.5) is 0 Å². The predicted molar refractivity (Wildman–Crippen MR) is 69.5 cm³/mol. The van der Waals surface area contributed by atoms with E-state index in [4.69, 9.17) is 16.3 Å². The summed E-state index contributed by atoms with van der Waals surface area (Å²) in [6.07, 6.45) is 1.04. The predicted octanol–water partition coefficient (Wildman–Crippen LogP) is 3.03. The number of methoxy groups -OCH3 is 1. The van der Waals surface area contributed by atoms with Crippen LogP contribution in [0, 0.1) is 5.92 Å². The normalized spacial score (nSPS) is 20.7. The van der Waals surface area contributed by atoms with Crippen molar-refractivity contribution in [1.82, 2.24) is 0 Å². The summed E-state index contributed by atoms with van der Waals surface area (Å²) in [5, 5.41) is 0.490. The van der Waals surface area contributed by atoms with Crippen molar-refractivity contribution in [2.24, 2.45) is 5.92 Å². The van der Waals surface area contributed by atoms with Crippen LogP contribution in [0.15, 0.2) is 12.1 Å². The third-order valence-electron chi connectivity index (χ3n) is 3.77. The molecule has 18 heavy (non-hydrogen) atoms. The lowest BCUT2D eigenvalue weighted by atomic mass is 9.77. The van der Waals surface area contributed by atoms with Gasteiger partial charge < -0.3 is 9.53 Å². The zero-order valence-corrected chi connectivity index (χ0v) is 11.4. The van der Waals surface area contributed by atoms with Crippen molar-refractivity contribution in [2.45, 2.75) is 25.7 Å². The molecule has 1 atom stereocenters. The number of rotatable bonds is 3. The SMILES string of the molecule is COc1cc2c(cc1Cl)C(C)(C)[C@H](CC=O)C2=O. The smallest absolute Gasteiger partial charge is 0.167 e. The minimum absolute atomic E-state index is 0.00272. The van der Waals surface area contributed by atoms with E-state index >= 15 is 0 Å². The van der Waals surface area contributed by atoms with Gasteiger partial charge in [-0.25, -0.2) is 0 Å². The Labute approximate surface area is 111 Å². The van der Waals surface area contributed by atoms with Crippen LogP contribution >= 0.6 is 11.6 Å². The molecule has 4 heteroatoms. The molecule has 0 unspecified atom stereocenters. The number of carbonyl (C=O) groups is 2. The van der Waals surface area contributed by atoms with Crippen molar-refractivity contribution in [3.63, 3.8) is 0 Å². The minimum atomic E-state index is -0.372. The number of benzene rings is 1. The number of ketones is 1. The lowest BCUT2D eigenvalue weighted by Gasteiger charge is -2.25. The number of hydrogen-bond donors (Lipinski definition) is 0. The quantitative estimate of drug-likeness (QED) is 0.790. The van der Waals surface area contributed by atoms with E-state index in [0.29, 0.717) is 16.3 Å². The molecule has 1 aliphatic carbocycles. The third-order valence-corrected chi connectivity index (χ3v) is 4.07. The van der Waals surface area contributed by atoms with Crippen molar-refractivity contribution < 1.29 is 14.3 Å². The molecule has 96 valence electrons. The summed E-state index contributed by atoms with van der Waals surface area (Å²) in [5.41, 5.74) is 1.14. The molecular weight excluding hydrogens is 252 g/mol. The largest absolute Gasteiger partial charge is 0.495 e. The second-order valence-electron chi connectivity index (χ2n) is 5.07. The highest BCUT2D eigenvalue weighted by atomic mass is 35.5. The average molecular weight is 267 g/mol. The molecule has 1 aliphatic rings. The second-order valence-corrected chi connectivity index (χ2v) is 5.48. The molecule has 3 nitrogen and oxygen atoms in total. The highest BCUT2D eigenvalue weighted by molar-refractivity contribution is 6.32. The number of hydrogen-bond acceptors (Lipinski definition) is 3. The zero-order chi connectivity index (χ0) is 13.5. The second kappa shape index (κ2) is 4.39. The van der Waals surface area contributed by atoms with Gasteiger partial charge in [0, 0.05) is 23.3 Å². The Bertz CT molecular complexity index is 520. The Kier molecular flexibility index (Phi) is 3.20. The van der Waals surface area contributed by atoms with E-state index in [1.807, 2.05) is 13.8 Å². The summed E-state index contributed by atoms with van der Waals surface area (Å²) in [6.45, 7) is 3.93. The van der Waals surface area contributed by atoms with Crippen LogP contribution in [0.3, 0.4) is 0 Å². The number of aldehydes is 1. The fraction of sp³-hybridized carbons (Fsp3) is 0.429. The first-order chi connectivity index (χ1) is 8.43. The van der Waals surface area contributed by atoms with E-state index in [1.165, 1.54) is 7.11 Å². The topological polar surface area (TPSA) is 43.4 Å². The van der Waals surface area contributed by atoms with Crippen molar-refractivity contribution in [2.75, 3.05) is 7.11 Å². The summed E-state index contributed by atoms with van der Waals surface area (Å²) < 4.78 is 5.13. The van der Waals surface area contributed by atoms with Gasteiger partial charge in [-0.2, -0.15) is 0 Å². The van der Waals surface area contributed by atoms with Crippen LogP contribution in [0.1, 0.15) is 36.2 Å². The number of ether oxygens (including phenoxy) is 1. The van der Waals surface area contributed by atoms with Gasteiger partial charge in [0.25, 0.3) is 0 Å². The maximum atomic E-state index is 12.3. The van der Waals surface area contributed by atoms with Crippen molar-refractivity contribution >= 4 is 23.7 Å². The first-order valence-corrected chi connectivity index (χ1v) is 6.17. The summed E-state index contributed by atoms with van der Waals surface area (Å²) in [5.74, 6) is 0.177. The van der Waals surface area contributed by atoms with E-state index in [1.54, 1.807) is 12.1 Å². The van der Waals surface area contributed by atoms with Crippen LogP contribution in [-0.4, -0.2) is 19.2 Å². The Morgan fingerprint density at radius 3 is 2.67 bits per heavy atom. The molecular formula is C14H15ClO3. The van der Waals surface area contributed by atoms with Gasteiger partial charge in [0.2, 0.25) is 0 Å². The van der Waals surface area contributed by atoms with Gasteiger partial charge >= 0.3 is 0 Å². The third kappa shape index (κ3) is 1.74. The molecule has 0 fully saturated rings. The standard InChI is InChI=1S/C14H15ClO3/c1-14(2)9(4-5-16)13(17)8-6-12(18-3)11(15)7-10(8)14/h5-7,9H,4H2,1-3H3/t9-/m1/s1. The number of carbonyl (C=O) groups excluding carboxylic acids is 2. The summed E-state index contributed by atoms with van der Waals surface area (Å²) in [7, 11) is 1.51. The molecule has 1 aromatic carbocycles. The fourth-order valence-corrected chi connectivity index (χ4v) is 2.89. The van der Waals surface area contributed by atoms with E-state index in [2.05, 4.69) is 0 Å². The highest BCUT2D eigenvalue weighted by Crippen LogP contribution is 2.46. The van der Waals surface area contributed by atoms with Crippen molar-refractivity contribution in [3.05, 3.63) is 28.3 Å². The van der Waals surface area contributed by atoms with Crippen molar-refractivity contribution in [1.29, 1.82) is 0 Å². The molecule has 0 bridgehead atoms. The van der Waals surface area contributed by atoms with Gasteiger partial charge in [0.15, 0.2) is 5.78 Å². The molecule has 1 aromatic rings. The summed E-state index contributed by atoms with van der Waals surface area (Å²) in [6, 6.07) is 3.45. The van der Waals surface area contributed by atoms with Gasteiger partial charge in [0.05, 0.1) is 12.1 Å². The lowest BCUT2D eigenvalue weighted by Crippen LogP contribution is -2.27. The molecule has 0 aliphatic heterocycles. The van der Waals surface area contributed by atoms with Crippen LogP contribution in [0.25, 0.3) is 0 Å². The molecule has 0 aromatic heterocycles. The molecule has 0 amide bonds. The van der Waals surface area contributed by atoms with Crippen LogP contribution in [-0.2, 0) is 10.2 Å². The molecule has 0 heterocycles. The molecule has 0 saturated carbocycles. The van der Waals surface area contributed by atoms with Gasteiger partial charge in [-0.15, -0.1) is 0 Å². The van der Waals surface area contributed by atoms with E-state index in [0.717, 1.165) is 11.8 Å². The Morgan fingerprint density at radius 1 is 1.44 bits per heavy atom. The van der Waals surface area contributed by atoms with E-state index in [9.17, 15) is 9.59 Å². The van der Waals surface area contributed by atoms with Crippen LogP contribution in [0.5, 0.6) is 5.75 Å². The van der Waals surface area contributed by atoms with Gasteiger partial charge in [0.1, 0.15) is 12.0 Å². The monoisotopic (exact) mass is 266 g/mol. The number of Topliss-reactive ketones (excluding diaryl/α,β-unsaturated/α-hetero) is 1. The molecule has 0 spiro atoms. The van der Waals surface area contributed by atoms with E-state index in [-0.39, 0.29) is 23.5 Å². The first-order valence-electron chi connectivity index (χ1n) is 5.79. The zero-order valence-electron chi connectivity index (χ0n) is 10.6. The molecule has 2 rings (SSSR count). The van der Waals surface area contributed by atoms with E-state index < -0.39 is 0 Å². The Balaban J connectivity index is 2.60. The van der Waals surface area contributed by atoms with Crippen LogP contribution in [0.2, 0.25) is 5.02 Å². The highest BCUT2D eigenvalue weighted by Gasteiger charge is 2.45. The van der Waals surface area contributed by atoms with Gasteiger partial charge in [-0.3, -0.25) is 4.79 Å². The summed E-state index contributed by atoms with van der Waals surface area (Å²) in [4.78, 5) is 23.1. The minimum Gasteiger partial charge on any atom is -0.495 e. The Morgan fingerprint density at radius 2 is 2.11 bits per heavy atom. The number of halogens is 1.